The molecule has 2 rings (SSSR count). The van der Waals surface area contributed by atoms with Gasteiger partial charge in [-0.3, -0.25) is 4.68 Å². The summed E-state index contributed by atoms with van der Waals surface area (Å²) in [4.78, 5) is 0. The Morgan fingerprint density at radius 3 is 2.57 bits per heavy atom. The van der Waals surface area contributed by atoms with Gasteiger partial charge in [-0.1, -0.05) is 20.8 Å². The minimum atomic E-state index is 0.727. The lowest BCUT2D eigenvalue weighted by Gasteiger charge is -2.22. The predicted molar refractivity (Wildman–Crippen MR) is 86.5 cm³/mol. The molecule has 0 atom stereocenters. The molecule has 1 aliphatic rings. The second-order valence-corrected chi connectivity index (χ2v) is 5.99. The van der Waals surface area contributed by atoms with Crippen molar-refractivity contribution in [1.29, 1.82) is 0 Å². The highest BCUT2D eigenvalue weighted by molar-refractivity contribution is 5.26. The van der Waals surface area contributed by atoms with E-state index in [-0.39, 0.29) is 0 Å². The Morgan fingerprint density at radius 2 is 1.95 bits per heavy atom. The van der Waals surface area contributed by atoms with Crippen molar-refractivity contribution in [1.82, 2.24) is 15.1 Å². The molecule has 120 valence electrons. The van der Waals surface area contributed by atoms with Crippen molar-refractivity contribution in [3.63, 3.8) is 0 Å². The third kappa shape index (κ3) is 4.30. The minimum Gasteiger partial charge on any atom is -0.381 e. The van der Waals surface area contributed by atoms with Gasteiger partial charge in [0.1, 0.15) is 0 Å². The SMILES string of the molecule is CCCNCc1c(CC)nn(CC2CCOCC2)c1CC. The smallest absolute Gasteiger partial charge is 0.0669 e. The number of hydrogen-bond acceptors (Lipinski definition) is 3. The summed E-state index contributed by atoms with van der Waals surface area (Å²) in [7, 11) is 0. The first-order chi connectivity index (χ1) is 10.3. The Bertz CT molecular complexity index is 422. The normalized spacial score (nSPS) is 16.5. The molecule has 1 N–H and O–H groups in total. The van der Waals surface area contributed by atoms with Crippen LogP contribution in [-0.4, -0.2) is 29.5 Å². The predicted octanol–water partition coefficient (Wildman–Crippen LogP) is 2.93. The molecule has 0 amide bonds. The zero-order valence-corrected chi connectivity index (χ0v) is 14.0. The fourth-order valence-corrected chi connectivity index (χ4v) is 3.19. The van der Waals surface area contributed by atoms with E-state index in [2.05, 4.69) is 30.8 Å². The number of nitrogens with zero attached hydrogens (tertiary/aromatic N) is 2. The molecule has 0 spiro atoms. The average molecular weight is 293 g/mol. The first-order valence-electron chi connectivity index (χ1n) is 8.65. The van der Waals surface area contributed by atoms with E-state index in [4.69, 9.17) is 9.84 Å². The Morgan fingerprint density at radius 1 is 1.19 bits per heavy atom. The van der Waals surface area contributed by atoms with Crippen LogP contribution < -0.4 is 5.32 Å². The molecule has 0 saturated carbocycles. The monoisotopic (exact) mass is 293 g/mol. The maximum absolute atomic E-state index is 5.47. The van der Waals surface area contributed by atoms with Crippen LogP contribution in [0.15, 0.2) is 0 Å². The summed E-state index contributed by atoms with van der Waals surface area (Å²) in [6.07, 6.45) is 5.62. The van der Waals surface area contributed by atoms with E-state index >= 15 is 0 Å². The summed E-state index contributed by atoms with van der Waals surface area (Å²) in [5, 5.41) is 8.45. The fourth-order valence-electron chi connectivity index (χ4n) is 3.19. The van der Waals surface area contributed by atoms with Gasteiger partial charge < -0.3 is 10.1 Å². The van der Waals surface area contributed by atoms with E-state index in [0.717, 1.165) is 51.6 Å². The van der Waals surface area contributed by atoms with Crippen molar-refractivity contribution in [2.75, 3.05) is 19.8 Å². The van der Waals surface area contributed by atoms with Crippen molar-refractivity contribution in [2.24, 2.45) is 5.92 Å². The highest BCUT2D eigenvalue weighted by atomic mass is 16.5. The molecule has 1 aromatic heterocycles. The van der Waals surface area contributed by atoms with Crippen molar-refractivity contribution in [3.8, 4) is 0 Å². The third-order valence-corrected chi connectivity index (χ3v) is 4.42. The molecule has 0 aliphatic carbocycles. The maximum Gasteiger partial charge on any atom is 0.0669 e. The molecule has 4 nitrogen and oxygen atoms in total. The molecule has 1 aromatic rings. The summed E-state index contributed by atoms with van der Waals surface area (Å²) in [6, 6.07) is 0. The molecule has 1 saturated heterocycles. The highest BCUT2D eigenvalue weighted by Gasteiger charge is 2.19. The molecule has 0 bridgehead atoms. The molecule has 1 aliphatic heterocycles. The van der Waals surface area contributed by atoms with Crippen LogP contribution in [0.1, 0.15) is 57.0 Å². The van der Waals surface area contributed by atoms with Gasteiger partial charge in [-0.15, -0.1) is 0 Å². The van der Waals surface area contributed by atoms with Gasteiger partial charge in [0.2, 0.25) is 0 Å². The summed E-state index contributed by atoms with van der Waals surface area (Å²) in [5.74, 6) is 0.727. The Labute approximate surface area is 129 Å². The van der Waals surface area contributed by atoms with E-state index in [9.17, 15) is 0 Å². The highest BCUT2D eigenvalue weighted by Crippen LogP contribution is 2.21. The van der Waals surface area contributed by atoms with Gasteiger partial charge in [0.05, 0.1) is 5.69 Å². The molecule has 1 fully saturated rings. The first kappa shape index (κ1) is 16.5. The van der Waals surface area contributed by atoms with Gasteiger partial charge in [-0.25, -0.2) is 0 Å². The lowest BCUT2D eigenvalue weighted by Crippen LogP contribution is -2.22. The van der Waals surface area contributed by atoms with Gasteiger partial charge in [-0.05, 0) is 44.6 Å². The summed E-state index contributed by atoms with van der Waals surface area (Å²) in [5.41, 5.74) is 4.16. The summed E-state index contributed by atoms with van der Waals surface area (Å²) < 4.78 is 7.76. The molecule has 0 unspecified atom stereocenters. The lowest BCUT2D eigenvalue weighted by atomic mass is 10.0. The van der Waals surface area contributed by atoms with Crippen molar-refractivity contribution in [3.05, 3.63) is 17.0 Å². The van der Waals surface area contributed by atoms with Gasteiger partial charge >= 0.3 is 0 Å². The molecule has 0 radical (unpaired) electrons. The van der Waals surface area contributed by atoms with E-state index in [0.29, 0.717) is 0 Å². The van der Waals surface area contributed by atoms with E-state index in [1.165, 1.54) is 36.2 Å². The van der Waals surface area contributed by atoms with Crippen LogP contribution in [0.3, 0.4) is 0 Å². The average Bonchev–Trinajstić information content (AvgIpc) is 2.85. The molecule has 21 heavy (non-hydrogen) atoms. The van der Waals surface area contributed by atoms with Crippen molar-refractivity contribution in [2.45, 2.75) is 66.0 Å². The second kappa shape index (κ2) is 8.54. The third-order valence-electron chi connectivity index (χ3n) is 4.42. The van der Waals surface area contributed by atoms with Crippen LogP contribution in [0.4, 0.5) is 0 Å². The number of hydrogen-bond donors (Lipinski definition) is 1. The van der Waals surface area contributed by atoms with Crippen LogP contribution >= 0.6 is 0 Å². The van der Waals surface area contributed by atoms with Crippen molar-refractivity contribution < 1.29 is 4.74 Å². The van der Waals surface area contributed by atoms with E-state index in [1.807, 2.05) is 0 Å². The lowest BCUT2D eigenvalue weighted by molar-refractivity contribution is 0.0598. The number of rotatable bonds is 8. The number of ether oxygens (including phenoxy) is 1. The van der Waals surface area contributed by atoms with Crippen LogP contribution in [0.2, 0.25) is 0 Å². The van der Waals surface area contributed by atoms with E-state index < -0.39 is 0 Å². The summed E-state index contributed by atoms with van der Waals surface area (Å²) in [6.45, 7) is 11.6. The molecular weight excluding hydrogens is 262 g/mol. The fraction of sp³-hybridized carbons (Fsp3) is 0.824. The zero-order valence-electron chi connectivity index (χ0n) is 14.0. The van der Waals surface area contributed by atoms with Crippen LogP contribution in [0.25, 0.3) is 0 Å². The van der Waals surface area contributed by atoms with E-state index in [1.54, 1.807) is 0 Å². The number of aromatic nitrogens is 2. The second-order valence-electron chi connectivity index (χ2n) is 5.99. The van der Waals surface area contributed by atoms with Gasteiger partial charge in [0, 0.05) is 37.6 Å². The molecular formula is C17H31N3O. The van der Waals surface area contributed by atoms with Crippen LogP contribution in [0.5, 0.6) is 0 Å². The van der Waals surface area contributed by atoms with Crippen LogP contribution in [-0.2, 0) is 30.7 Å². The van der Waals surface area contributed by atoms with Gasteiger partial charge in [0.15, 0.2) is 0 Å². The Balaban J connectivity index is 2.11. The zero-order chi connectivity index (χ0) is 15.1. The number of aryl methyl sites for hydroxylation is 1. The Kier molecular flexibility index (Phi) is 6.71. The van der Waals surface area contributed by atoms with Gasteiger partial charge in [0.25, 0.3) is 0 Å². The number of nitrogens with one attached hydrogen (secondary N) is 1. The first-order valence-corrected chi connectivity index (χ1v) is 8.65. The topological polar surface area (TPSA) is 39.1 Å². The molecule has 0 aromatic carbocycles. The largest absolute Gasteiger partial charge is 0.381 e. The quantitative estimate of drug-likeness (QED) is 0.749. The van der Waals surface area contributed by atoms with Crippen molar-refractivity contribution >= 4 is 0 Å². The standard InChI is InChI=1S/C17H31N3O/c1-4-9-18-12-15-16(5-2)19-20(17(15)6-3)13-14-7-10-21-11-8-14/h14,18H,4-13H2,1-3H3. The van der Waals surface area contributed by atoms with Crippen LogP contribution in [0, 0.1) is 5.92 Å². The molecule has 2 heterocycles. The maximum atomic E-state index is 5.47. The molecule has 4 heteroatoms. The summed E-state index contributed by atoms with van der Waals surface area (Å²) >= 11 is 0. The van der Waals surface area contributed by atoms with Gasteiger partial charge in [-0.2, -0.15) is 5.10 Å². The minimum absolute atomic E-state index is 0.727. The Hall–Kier alpha value is -0.870.